The molecule has 0 aromatic heterocycles. The molecule has 1 heterocycles. The average molecular weight is 336 g/mol. The summed E-state index contributed by atoms with van der Waals surface area (Å²) < 4.78 is 27.2. The van der Waals surface area contributed by atoms with Gasteiger partial charge in [-0.2, -0.15) is 0 Å². The molecule has 22 heavy (non-hydrogen) atoms. The van der Waals surface area contributed by atoms with Crippen molar-refractivity contribution in [1.82, 2.24) is 0 Å². The van der Waals surface area contributed by atoms with Crippen molar-refractivity contribution in [2.45, 2.75) is 24.3 Å². The molecule has 6 heteroatoms. The Labute approximate surface area is 134 Å². The van der Waals surface area contributed by atoms with Crippen LogP contribution in [0.15, 0.2) is 53.4 Å². The van der Waals surface area contributed by atoms with Crippen molar-refractivity contribution in [1.29, 1.82) is 0 Å². The van der Waals surface area contributed by atoms with Crippen LogP contribution < -0.4 is 4.31 Å². The van der Waals surface area contributed by atoms with Crippen molar-refractivity contribution >= 4 is 33.1 Å². The number of ketones is 1. The summed E-state index contributed by atoms with van der Waals surface area (Å²) >= 11 is 5.82. The van der Waals surface area contributed by atoms with Gasteiger partial charge >= 0.3 is 0 Å². The number of para-hydroxylation sites is 1. The molecule has 0 saturated heterocycles. The van der Waals surface area contributed by atoms with Gasteiger partial charge in [0.05, 0.1) is 10.6 Å². The number of halogens is 1. The molecule has 0 fully saturated rings. The molecule has 0 radical (unpaired) electrons. The van der Waals surface area contributed by atoms with Crippen molar-refractivity contribution in [3.63, 3.8) is 0 Å². The molecular weight excluding hydrogens is 322 g/mol. The second kappa shape index (κ2) is 5.41. The van der Waals surface area contributed by atoms with E-state index in [0.29, 0.717) is 16.3 Å². The summed E-state index contributed by atoms with van der Waals surface area (Å²) in [6, 6.07) is 12.4. The normalized spacial score (nSPS) is 18.2. The minimum atomic E-state index is -3.74. The van der Waals surface area contributed by atoms with Crippen molar-refractivity contribution < 1.29 is 13.2 Å². The Morgan fingerprint density at radius 2 is 1.73 bits per heavy atom. The number of benzene rings is 2. The van der Waals surface area contributed by atoms with Crippen molar-refractivity contribution in [2.24, 2.45) is 0 Å². The van der Waals surface area contributed by atoms with E-state index in [1.165, 1.54) is 16.4 Å². The standard InChI is InChI=1S/C16H14ClNO3S/c1-11-10-16(19)14-4-2-3-5-15(14)18(11)22(20,21)13-8-6-12(17)7-9-13/h2-9,11H,10H2,1H3. The monoisotopic (exact) mass is 335 g/mol. The third kappa shape index (κ3) is 2.40. The molecule has 1 aliphatic heterocycles. The van der Waals surface area contributed by atoms with Gasteiger partial charge in [0.25, 0.3) is 10.0 Å². The number of nitrogens with zero attached hydrogens (tertiary/aromatic N) is 1. The number of anilines is 1. The van der Waals surface area contributed by atoms with Crippen LogP contribution in [0.4, 0.5) is 5.69 Å². The van der Waals surface area contributed by atoms with Gasteiger partial charge in [0.2, 0.25) is 0 Å². The molecule has 1 unspecified atom stereocenters. The topological polar surface area (TPSA) is 54.5 Å². The van der Waals surface area contributed by atoms with E-state index in [2.05, 4.69) is 0 Å². The van der Waals surface area contributed by atoms with Gasteiger partial charge in [-0.05, 0) is 43.3 Å². The van der Waals surface area contributed by atoms with Crippen molar-refractivity contribution in [2.75, 3.05) is 4.31 Å². The lowest BCUT2D eigenvalue weighted by atomic mass is 9.98. The number of hydrogen-bond acceptors (Lipinski definition) is 3. The van der Waals surface area contributed by atoms with E-state index < -0.39 is 16.1 Å². The van der Waals surface area contributed by atoms with E-state index in [0.717, 1.165) is 0 Å². The molecule has 0 N–H and O–H groups in total. The van der Waals surface area contributed by atoms with Gasteiger partial charge in [-0.3, -0.25) is 9.10 Å². The fourth-order valence-electron chi connectivity index (χ4n) is 2.69. The molecule has 1 aliphatic rings. The van der Waals surface area contributed by atoms with Crippen LogP contribution in [0.25, 0.3) is 0 Å². The molecule has 0 spiro atoms. The van der Waals surface area contributed by atoms with E-state index in [1.807, 2.05) is 0 Å². The maximum absolute atomic E-state index is 12.9. The average Bonchev–Trinajstić information content (AvgIpc) is 2.47. The van der Waals surface area contributed by atoms with Gasteiger partial charge in [-0.25, -0.2) is 8.42 Å². The summed E-state index contributed by atoms with van der Waals surface area (Å²) in [6.07, 6.45) is 0.170. The third-order valence-corrected chi connectivity index (χ3v) is 5.89. The Kier molecular flexibility index (Phi) is 3.70. The number of fused-ring (bicyclic) bond motifs is 1. The molecule has 3 rings (SSSR count). The summed E-state index contributed by atoms with van der Waals surface area (Å²) in [5.74, 6) is -0.0364. The predicted molar refractivity (Wildman–Crippen MR) is 86.0 cm³/mol. The summed E-state index contributed by atoms with van der Waals surface area (Å²) in [5, 5.41) is 0.473. The van der Waals surface area contributed by atoms with E-state index in [-0.39, 0.29) is 17.1 Å². The van der Waals surface area contributed by atoms with Crippen LogP contribution in [0.3, 0.4) is 0 Å². The smallest absolute Gasteiger partial charge is 0.264 e. The molecule has 1 atom stereocenters. The zero-order valence-corrected chi connectivity index (χ0v) is 13.4. The predicted octanol–water partition coefficient (Wildman–Crippen LogP) is 3.51. The molecule has 114 valence electrons. The summed E-state index contributed by atoms with van der Waals surface area (Å²) in [7, 11) is -3.74. The minimum absolute atomic E-state index is 0.0364. The molecule has 0 bridgehead atoms. The van der Waals surface area contributed by atoms with Crippen molar-refractivity contribution in [3.05, 3.63) is 59.1 Å². The van der Waals surface area contributed by atoms with Crippen LogP contribution in [0.5, 0.6) is 0 Å². The van der Waals surface area contributed by atoms with Crippen molar-refractivity contribution in [3.8, 4) is 0 Å². The second-order valence-corrected chi connectivity index (χ2v) is 7.50. The number of carbonyl (C=O) groups is 1. The van der Waals surface area contributed by atoms with Crippen LogP contribution in [0.1, 0.15) is 23.7 Å². The highest BCUT2D eigenvalue weighted by molar-refractivity contribution is 7.92. The van der Waals surface area contributed by atoms with E-state index in [9.17, 15) is 13.2 Å². The number of carbonyl (C=O) groups excluding carboxylic acids is 1. The summed E-state index contributed by atoms with van der Waals surface area (Å²) in [4.78, 5) is 12.3. The quantitative estimate of drug-likeness (QED) is 0.844. The lowest BCUT2D eigenvalue weighted by Gasteiger charge is -2.35. The first-order valence-corrected chi connectivity index (χ1v) is 8.65. The Morgan fingerprint density at radius 1 is 1.09 bits per heavy atom. The summed E-state index contributed by atoms with van der Waals surface area (Å²) in [6.45, 7) is 1.74. The summed E-state index contributed by atoms with van der Waals surface area (Å²) in [5.41, 5.74) is 0.874. The first kappa shape index (κ1) is 15.1. The first-order valence-electron chi connectivity index (χ1n) is 6.83. The fourth-order valence-corrected chi connectivity index (χ4v) is 4.49. The van der Waals surface area contributed by atoms with Gasteiger partial charge in [0.15, 0.2) is 5.78 Å². The minimum Gasteiger partial charge on any atom is -0.294 e. The number of Topliss-reactive ketones (excluding diaryl/α,β-unsaturated/α-hetero) is 1. The van der Waals surface area contributed by atoms with Crippen LogP contribution in [0.2, 0.25) is 5.02 Å². The van der Waals surface area contributed by atoms with E-state index in [4.69, 9.17) is 11.6 Å². The third-order valence-electron chi connectivity index (χ3n) is 3.69. The Bertz CT molecular complexity index is 831. The maximum atomic E-state index is 12.9. The lowest BCUT2D eigenvalue weighted by Crippen LogP contribution is -2.43. The van der Waals surface area contributed by atoms with Crippen LogP contribution in [-0.2, 0) is 10.0 Å². The van der Waals surface area contributed by atoms with E-state index >= 15 is 0 Å². The SMILES string of the molecule is CC1CC(=O)c2ccccc2N1S(=O)(=O)c1ccc(Cl)cc1. The van der Waals surface area contributed by atoms with Gasteiger partial charge in [0, 0.05) is 23.0 Å². The molecule has 0 amide bonds. The zero-order chi connectivity index (χ0) is 15.9. The Morgan fingerprint density at radius 3 is 2.41 bits per heavy atom. The Hall–Kier alpha value is -1.85. The molecule has 0 aliphatic carbocycles. The highest BCUT2D eigenvalue weighted by Crippen LogP contribution is 2.35. The first-order chi connectivity index (χ1) is 10.4. The zero-order valence-electron chi connectivity index (χ0n) is 11.9. The van der Waals surface area contributed by atoms with Gasteiger partial charge in [-0.1, -0.05) is 23.7 Å². The highest BCUT2D eigenvalue weighted by atomic mass is 35.5. The van der Waals surface area contributed by atoms with Gasteiger partial charge in [0.1, 0.15) is 0 Å². The largest absolute Gasteiger partial charge is 0.294 e. The maximum Gasteiger partial charge on any atom is 0.264 e. The molecule has 2 aromatic carbocycles. The molecule has 2 aromatic rings. The number of hydrogen-bond donors (Lipinski definition) is 0. The van der Waals surface area contributed by atoms with Crippen LogP contribution in [0, 0.1) is 0 Å². The van der Waals surface area contributed by atoms with Gasteiger partial charge in [-0.15, -0.1) is 0 Å². The number of sulfonamides is 1. The molecule has 4 nitrogen and oxygen atoms in total. The lowest BCUT2D eigenvalue weighted by molar-refractivity contribution is 0.0972. The fraction of sp³-hybridized carbons (Fsp3) is 0.188. The molecular formula is C16H14ClNO3S. The highest BCUT2D eigenvalue weighted by Gasteiger charge is 2.36. The van der Waals surface area contributed by atoms with Crippen LogP contribution in [-0.4, -0.2) is 20.2 Å². The molecule has 0 saturated carbocycles. The van der Waals surface area contributed by atoms with E-state index in [1.54, 1.807) is 43.3 Å². The Balaban J connectivity index is 2.16. The van der Waals surface area contributed by atoms with Crippen LogP contribution >= 0.6 is 11.6 Å². The number of rotatable bonds is 2. The second-order valence-electron chi connectivity index (χ2n) is 5.25. The van der Waals surface area contributed by atoms with Gasteiger partial charge < -0.3 is 0 Å².